The molecule has 0 radical (unpaired) electrons. The molecular formula is C14H14BrFO4. The van der Waals surface area contributed by atoms with Gasteiger partial charge in [-0.25, -0.2) is 9.18 Å². The van der Waals surface area contributed by atoms with Crippen molar-refractivity contribution in [2.24, 2.45) is 5.41 Å². The fraction of sp³-hybridized carbons (Fsp3) is 0.429. The van der Waals surface area contributed by atoms with E-state index in [4.69, 9.17) is 9.47 Å². The van der Waals surface area contributed by atoms with Crippen LogP contribution in [0.25, 0.3) is 0 Å². The van der Waals surface area contributed by atoms with Crippen molar-refractivity contribution in [3.05, 3.63) is 35.6 Å². The summed E-state index contributed by atoms with van der Waals surface area (Å²) >= 11 is 3.19. The van der Waals surface area contributed by atoms with Crippen LogP contribution in [0.3, 0.4) is 0 Å². The van der Waals surface area contributed by atoms with Gasteiger partial charge >= 0.3 is 11.9 Å². The quantitative estimate of drug-likeness (QED) is 0.624. The number of alkyl halides is 1. The number of carbonyl (C=O) groups is 2. The smallest absolute Gasteiger partial charge is 0.348 e. The third-order valence-electron chi connectivity index (χ3n) is 3.11. The van der Waals surface area contributed by atoms with Gasteiger partial charge in [0.25, 0.3) is 0 Å². The molecule has 4 nitrogen and oxygen atoms in total. The average Bonchev–Trinajstić information content (AvgIpc) is 2.65. The Morgan fingerprint density at radius 2 is 2.05 bits per heavy atom. The van der Waals surface area contributed by atoms with Crippen molar-refractivity contribution < 1.29 is 23.5 Å². The van der Waals surface area contributed by atoms with E-state index >= 15 is 0 Å². The van der Waals surface area contributed by atoms with E-state index in [1.807, 2.05) is 0 Å². The number of halogens is 2. The van der Waals surface area contributed by atoms with Gasteiger partial charge in [-0.05, 0) is 17.7 Å². The van der Waals surface area contributed by atoms with Crippen molar-refractivity contribution >= 4 is 27.9 Å². The molecule has 1 fully saturated rings. The number of hydrogen-bond donors (Lipinski definition) is 0. The van der Waals surface area contributed by atoms with Crippen molar-refractivity contribution in [1.82, 2.24) is 0 Å². The summed E-state index contributed by atoms with van der Waals surface area (Å²) in [5, 5.41) is 0. The molecule has 0 unspecified atom stereocenters. The predicted molar refractivity (Wildman–Crippen MR) is 72.7 cm³/mol. The number of carbonyl (C=O) groups excluding carboxylic acids is 2. The van der Waals surface area contributed by atoms with Gasteiger partial charge in [0.05, 0.1) is 0 Å². The van der Waals surface area contributed by atoms with Crippen LogP contribution in [0.5, 0.6) is 0 Å². The second-order valence-corrected chi connectivity index (χ2v) is 6.24. The first-order valence-electron chi connectivity index (χ1n) is 6.08. The SMILES string of the molecule is CC1(C)COC(=O)[C@@H]1OC(=O)[C@H](Br)c1ccc(F)cc1. The maximum absolute atomic E-state index is 12.8. The number of benzene rings is 1. The summed E-state index contributed by atoms with van der Waals surface area (Å²) in [6.07, 6.45) is -0.921. The van der Waals surface area contributed by atoms with Crippen LogP contribution in [0.4, 0.5) is 4.39 Å². The topological polar surface area (TPSA) is 52.6 Å². The summed E-state index contributed by atoms with van der Waals surface area (Å²) < 4.78 is 23.0. The van der Waals surface area contributed by atoms with Gasteiger partial charge in [0, 0.05) is 5.41 Å². The van der Waals surface area contributed by atoms with Crippen LogP contribution in [0, 0.1) is 11.2 Å². The van der Waals surface area contributed by atoms with Gasteiger partial charge in [0.15, 0.2) is 0 Å². The normalized spacial score (nSPS) is 22.2. The number of ether oxygens (including phenoxy) is 2. The Morgan fingerprint density at radius 3 is 2.55 bits per heavy atom. The van der Waals surface area contributed by atoms with Crippen molar-refractivity contribution in [2.45, 2.75) is 24.8 Å². The Balaban J connectivity index is 2.08. The lowest BCUT2D eigenvalue weighted by Gasteiger charge is -2.22. The van der Waals surface area contributed by atoms with Gasteiger partial charge < -0.3 is 9.47 Å². The molecule has 108 valence electrons. The highest BCUT2D eigenvalue weighted by Gasteiger charge is 2.47. The van der Waals surface area contributed by atoms with Crippen LogP contribution < -0.4 is 0 Å². The average molecular weight is 345 g/mol. The summed E-state index contributed by atoms with van der Waals surface area (Å²) in [7, 11) is 0. The Morgan fingerprint density at radius 1 is 1.45 bits per heavy atom. The van der Waals surface area contributed by atoms with E-state index < -0.39 is 28.3 Å². The lowest BCUT2D eigenvalue weighted by atomic mass is 9.90. The molecule has 0 spiro atoms. The van der Waals surface area contributed by atoms with Crippen molar-refractivity contribution in [3.63, 3.8) is 0 Å². The van der Waals surface area contributed by atoms with E-state index in [0.717, 1.165) is 0 Å². The fourth-order valence-corrected chi connectivity index (χ4v) is 2.29. The summed E-state index contributed by atoms with van der Waals surface area (Å²) in [4.78, 5) is 22.9. The Bertz CT molecular complexity index is 526. The molecular weight excluding hydrogens is 331 g/mol. The zero-order valence-corrected chi connectivity index (χ0v) is 12.6. The van der Waals surface area contributed by atoms with Gasteiger partial charge in [-0.1, -0.05) is 41.9 Å². The fourth-order valence-electron chi connectivity index (χ4n) is 1.88. The first-order valence-corrected chi connectivity index (χ1v) is 6.99. The number of rotatable bonds is 3. The molecule has 0 N–H and O–H groups in total. The minimum atomic E-state index is -0.921. The van der Waals surface area contributed by atoms with Gasteiger partial charge in [-0.2, -0.15) is 0 Å². The summed E-state index contributed by atoms with van der Waals surface area (Å²) in [5.41, 5.74) is 0.00277. The molecule has 2 atom stereocenters. The van der Waals surface area contributed by atoms with Crippen LogP contribution in [0.15, 0.2) is 24.3 Å². The summed E-state index contributed by atoms with van der Waals surface area (Å²) in [5.74, 6) is -1.53. The molecule has 0 aromatic heterocycles. The molecule has 1 saturated heterocycles. The third-order valence-corrected chi connectivity index (χ3v) is 4.02. The monoisotopic (exact) mass is 344 g/mol. The minimum Gasteiger partial charge on any atom is -0.462 e. The van der Waals surface area contributed by atoms with Gasteiger partial charge in [0.2, 0.25) is 6.10 Å². The van der Waals surface area contributed by atoms with E-state index in [1.165, 1.54) is 24.3 Å². The molecule has 6 heteroatoms. The van der Waals surface area contributed by atoms with E-state index in [1.54, 1.807) is 13.8 Å². The van der Waals surface area contributed by atoms with E-state index in [9.17, 15) is 14.0 Å². The van der Waals surface area contributed by atoms with Crippen LogP contribution >= 0.6 is 15.9 Å². The summed E-state index contributed by atoms with van der Waals surface area (Å²) in [6.45, 7) is 3.79. The largest absolute Gasteiger partial charge is 0.462 e. The molecule has 1 aromatic carbocycles. The molecule has 0 bridgehead atoms. The second-order valence-electron chi connectivity index (χ2n) is 5.33. The molecule has 0 aliphatic carbocycles. The lowest BCUT2D eigenvalue weighted by Crippen LogP contribution is -2.35. The molecule has 1 aliphatic heterocycles. The highest BCUT2D eigenvalue weighted by Crippen LogP contribution is 2.33. The maximum atomic E-state index is 12.8. The number of hydrogen-bond acceptors (Lipinski definition) is 4. The van der Waals surface area contributed by atoms with Crippen LogP contribution in [0.1, 0.15) is 24.2 Å². The molecule has 0 amide bonds. The molecule has 1 heterocycles. The molecule has 1 aliphatic rings. The molecule has 20 heavy (non-hydrogen) atoms. The van der Waals surface area contributed by atoms with Gasteiger partial charge in [-0.15, -0.1) is 0 Å². The van der Waals surface area contributed by atoms with Crippen molar-refractivity contribution in [3.8, 4) is 0 Å². The first kappa shape index (κ1) is 15.0. The zero-order valence-electron chi connectivity index (χ0n) is 11.1. The molecule has 1 aromatic rings. The van der Waals surface area contributed by atoms with Gasteiger partial charge in [0.1, 0.15) is 17.3 Å². The standard InChI is InChI=1S/C14H14BrFO4/c1-14(2)7-19-13(18)11(14)20-12(17)10(15)8-3-5-9(16)6-4-8/h3-6,10-11H,7H2,1-2H3/t10-,11+/m1/s1. The van der Waals surface area contributed by atoms with E-state index in [2.05, 4.69) is 15.9 Å². The minimum absolute atomic E-state index is 0.216. The van der Waals surface area contributed by atoms with Crippen LogP contribution in [0.2, 0.25) is 0 Å². The number of cyclic esters (lactones) is 1. The Kier molecular flexibility index (Phi) is 4.13. The molecule has 2 rings (SSSR count). The predicted octanol–water partition coefficient (Wildman–Crippen LogP) is 2.76. The van der Waals surface area contributed by atoms with Crippen LogP contribution in [-0.2, 0) is 19.1 Å². The molecule has 0 saturated carbocycles. The van der Waals surface area contributed by atoms with Crippen molar-refractivity contribution in [2.75, 3.05) is 6.61 Å². The van der Waals surface area contributed by atoms with E-state index in [0.29, 0.717) is 5.56 Å². The second kappa shape index (κ2) is 5.52. The summed E-state index contributed by atoms with van der Waals surface area (Å²) in [6, 6.07) is 5.47. The Hall–Kier alpha value is -1.43. The van der Waals surface area contributed by atoms with Crippen LogP contribution in [-0.4, -0.2) is 24.6 Å². The van der Waals surface area contributed by atoms with Crippen molar-refractivity contribution in [1.29, 1.82) is 0 Å². The van der Waals surface area contributed by atoms with Gasteiger partial charge in [-0.3, -0.25) is 4.79 Å². The maximum Gasteiger partial charge on any atom is 0.348 e. The zero-order chi connectivity index (χ0) is 14.9. The third kappa shape index (κ3) is 3.00. The first-order chi connectivity index (χ1) is 9.31. The highest BCUT2D eigenvalue weighted by atomic mass is 79.9. The lowest BCUT2D eigenvalue weighted by molar-refractivity contribution is -0.162. The Labute approximate surface area is 124 Å². The highest BCUT2D eigenvalue weighted by molar-refractivity contribution is 9.09. The number of esters is 2. The van der Waals surface area contributed by atoms with E-state index in [-0.39, 0.29) is 12.4 Å².